The fraction of sp³-hybridized carbons (Fsp3) is 0.800. The van der Waals surface area contributed by atoms with E-state index in [0.717, 1.165) is 11.8 Å². The van der Waals surface area contributed by atoms with E-state index in [0.29, 0.717) is 29.4 Å². The molecule has 0 spiro atoms. The first-order valence-corrected chi connectivity index (χ1v) is 9.11. The van der Waals surface area contributed by atoms with Crippen molar-refractivity contribution in [3.05, 3.63) is 23.2 Å². The molecule has 3 fully saturated rings. The Hall–Kier alpha value is -1.10. The van der Waals surface area contributed by atoms with Crippen LogP contribution in [-0.2, 0) is 4.79 Å². The van der Waals surface area contributed by atoms with Gasteiger partial charge in [0, 0.05) is 6.42 Å². The predicted molar refractivity (Wildman–Crippen MR) is 86.8 cm³/mol. The van der Waals surface area contributed by atoms with E-state index in [-0.39, 0.29) is 11.2 Å². The van der Waals surface area contributed by atoms with E-state index in [1.54, 1.807) is 0 Å². The van der Waals surface area contributed by atoms with Crippen LogP contribution in [0.2, 0.25) is 0 Å². The van der Waals surface area contributed by atoms with Gasteiger partial charge < -0.3 is 4.79 Å². The van der Waals surface area contributed by atoms with Crippen molar-refractivity contribution < 1.29 is 4.79 Å². The van der Waals surface area contributed by atoms with Crippen molar-refractivity contribution in [2.24, 2.45) is 34.5 Å². The van der Waals surface area contributed by atoms with Crippen LogP contribution in [0.3, 0.4) is 0 Å². The molecule has 0 N–H and O–H groups in total. The Morgan fingerprint density at radius 1 is 1.14 bits per heavy atom. The average Bonchev–Trinajstić information content (AvgIpc) is 2.89. The summed E-state index contributed by atoms with van der Waals surface area (Å²) in [5.74, 6) is 3.01. The Labute approximate surface area is 134 Å². The van der Waals surface area contributed by atoms with Gasteiger partial charge in [-0.25, -0.2) is 4.85 Å². The van der Waals surface area contributed by atoms with E-state index in [2.05, 4.69) is 24.8 Å². The third-order valence-electron chi connectivity index (χ3n) is 8.03. The number of Topliss-reactive ketones (excluding diaryl/α,β-unsaturated/α-hetero) is 1. The molecule has 22 heavy (non-hydrogen) atoms. The van der Waals surface area contributed by atoms with E-state index in [4.69, 9.17) is 6.57 Å². The summed E-state index contributed by atoms with van der Waals surface area (Å²) in [5, 5.41) is 0. The number of fused-ring (bicyclic) bond motifs is 5. The van der Waals surface area contributed by atoms with Crippen molar-refractivity contribution in [2.45, 2.75) is 65.2 Å². The molecule has 4 aliphatic carbocycles. The summed E-state index contributed by atoms with van der Waals surface area (Å²) in [6, 6.07) is 0. The second-order valence-electron chi connectivity index (χ2n) is 8.87. The lowest BCUT2D eigenvalue weighted by molar-refractivity contribution is -0.122. The summed E-state index contributed by atoms with van der Waals surface area (Å²) < 4.78 is 0. The third kappa shape index (κ3) is 1.81. The molecule has 0 aromatic rings. The van der Waals surface area contributed by atoms with E-state index in [9.17, 15) is 4.79 Å². The number of allylic oxidation sites excluding steroid dienone is 2. The zero-order valence-electron chi connectivity index (χ0n) is 13.9. The van der Waals surface area contributed by atoms with E-state index in [1.807, 2.05) is 0 Å². The second-order valence-corrected chi connectivity index (χ2v) is 8.87. The van der Waals surface area contributed by atoms with Crippen LogP contribution in [0.4, 0.5) is 0 Å². The van der Waals surface area contributed by atoms with Crippen molar-refractivity contribution in [1.82, 2.24) is 0 Å². The van der Waals surface area contributed by atoms with E-state index < -0.39 is 0 Å². The Balaban J connectivity index is 1.72. The van der Waals surface area contributed by atoms with Crippen LogP contribution in [0.1, 0.15) is 65.2 Å². The molecule has 118 valence electrons. The van der Waals surface area contributed by atoms with Crippen molar-refractivity contribution in [1.29, 1.82) is 0 Å². The SMILES string of the molecule is [C-]#[N+]C1=C[C@@]2(C)[C@@H](CC[C@H]3[C@@H]4CCC[C@@]4(C)CC[C@@H]32)CC1=O. The molecule has 2 heteroatoms. The molecule has 0 saturated heterocycles. The molecule has 2 nitrogen and oxygen atoms in total. The lowest BCUT2D eigenvalue weighted by atomic mass is 9.46. The Morgan fingerprint density at radius 3 is 2.73 bits per heavy atom. The van der Waals surface area contributed by atoms with Crippen LogP contribution in [0.15, 0.2) is 11.8 Å². The van der Waals surface area contributed by atoms with Crippen LogP contribution in [-0.4, -0.2) is 5.78 Å². The zero-order chi connectivity index (χ0) is 15.5. The summed E-state index contributed by atoms with van der Waals surface area (Å²) in [7, 11) is 0. The second kappa shape index (κ2) is 4.70. The Morgan fingerprint density at radius 2 is 1.95 bits per heavy atom. The minimum atomic E-state index is 0.0949. The highest BCUT2D eigenvalue weighted by molar-refractivity contribution is 5.98. The number of hydrogen-bond acceptors (Lipinski definition) is 1. The number of ketones is 1. The number of carbonyl (C=O) groups is 1. The normalized spacial score (nSPS) is 50.4. The maximum atomic E-state index is 12.1. The van der Waals surface area contributed by atoms with Gasteiger partial charge in [0.15, 0.2) is 5.78 Å². The molecule has 0 unspecified atom stereocenters. The first kappa shape index (κ1) is 14.5. The van der Waals surface area contributed by atoms with E-state index in [1.165, 1.54) is 44.9 Å². The minimum absolute atomic E-state index is 0.0949. The smallest absolute Gasteiger partial charge is 0.225 e. The molecule has 0 amide bonds. The Bertz CT molecular complexity index is 585. The molecule has 0 aliphatic heterocycles. The highest BCUT2D eigenvalue weighted by atomic mass is 16.1. The number of carbonyl (C=O) groups excluding carboxylic acids is 1. The van der Waals surface area contributed by atoms with Gasteiger partial charge in [-0.2, -0.15) is 0 Å². The van der Waals surface area contributed by atoms with Gasteiger partial charge in [-0.15, -0.1) is 0 Å². The summed E-state index contributed by atoms with van der Waals surface area (Å²) in [4.78, 5) is 15.7. The fourth-order valence-electron chi connectivity index (χ4n) is 6.81. The highest BCUT2D eigenvalue weighted by Gasteiger charge is 2.57. The number of hydrogen-bond donors (Lipinski definition) is 0. The molecule has 4 rings (SSSR count). The van der Waals surface area contributed by atoms with Gasteiger partial charge in [-0.3, -0.25) is 0 Å². The predicted octanol–water partition coefficient (Wildman–Crippen LogP) is 5.01. The minimum Gasteiger partial charge on any atom is -0.308 e. The molecule has 0 aromatic heterocycles. The molecule has 3 saturated carbocycles. The van der Waals surface area contributed by atoms with Gasteiger partial charge in [0.25, 0.3) is 0 Å². The third-order valence-corrected chi connectivity index (χ3v) is 8.03. The van der Waals surface area contributed by atoms with Crippen LogP contribution < -0.4 is 0 Å². The summed E-state index contributed by atoms with van der Waals surface area (Å²) in [6.45, 7) is 12.2. The summed E-state index contributed by atoms with van der Waals surface area (Å²) >= 11 is 0. The summed E-state index contributed by atoms with van der Waals surface area (Å²) in [5.41, 5.74) is 1.11. The summed E-state index contributed by atoms with van der Waals surface area (Å²) in [6.07, 6.45) is 12.1. The molecule has 0 heterocycles. The average molecular weight is 297 g/mol. The molecule has 0 aromatic carbocycles. The van der Waals surface area contributed by atoms with Crippen molar-refractivity contribution >= 4 is 5.78 Å². The van der Waals surface area contributed by atoms with Crippen LogP contribution >= 0.6 is 0 Å². The lowest BCUT2D eigenvalue weighted by Crippen LogP contribution is -2.51. The maximum Gasteiger partial charge on any atom is 0.225 e. The standard InChI is InChI=1S/C20H27NO/c1-19-9-4-5-15(19)14-7-6-13-11-18(22)17(21-3)12-20(13,2)16(14)8-10-19/h12-16H,4-11H2,1-2H3/t13-,14-,15-,16-,19-,20-/m0/s1. The van der Waals surface area contributed by atoms with Gasteiger partial charge in [0.05, 0.1) is 6.57 Å². The molecule has 0 radical (unpaired) electrons. The lowest BCUT2D eigenvalue weighted by Gasteiger charge is -2.58. The zero-order valence-corrected chi connectivity index (χ0v) is 13.9. The van der Waals surface area contributed by atoms with Crippen molar-refractivity contribution in [2.75, 3.05) is 0 Å². The molecular weight excluding hydrogens is 270 g/mol. The largest absolute Gasteiger partial charge is 0.308 e. The van der Waals surface area contributed by atoms with Gasteiger partial charge in [-0.05, 0) is 73.0 Å². The monoisotopic (exact) mass is 297 g/mol. The van der Waals surface area contributed by atoms with Gasteiger partial charge in [0.1, 0.15) is 0 Å². The van der Waals surface area contributed by atoms with Gasteiger partial charge >= 0.3 is 0 Å². The van der Waals surface area contributed by atoms with Crippen LogP contribution in [0, 0.1) is 41.1 Å². The Kier molecular flexibility index (Phi) is 3.09. The fourth-order valence-corrected chi connectivity index (χ4v) is 6.81. The van der Waals surface area contributed by atoms with Gasteiger partial charge in [0.2, 0.25) is 5.70 Å². The van der Waals surface area contributed by atoms with Crippen molar-refractivity contribution in [3.63, 3.8) is 0 Å². The molecule has 0 bridgehead atoms. The quantitative estimate of drug-likeness (QED) is 0.576. The van der Waals surface area contributed by atoms with E-state index >= 15 is 0 Å². The first-order chi connectivity index (χ1) is 10.5. The first-order valence-electron chi connectivity index (χ1n) is 9.11. The van der Waals surface area contributed by atoms with Crippen molar-refractivity contribution in [3.8, 4) is 0 Å². The number of rotatable bonds is 0. The molecular formula is C20H27NO. The van der Waals surface area contributed by atoms with Crippen LogP contribution in [0.5, 0.6) is 0 Å². The number of nitrogens with zero attached hydrogens (tertiary/aromatic N) is 1. The van der Waals surface area contributed by atoms with Gasteiger partial charge in [-0.1, -0.05) is 26.3 Å². The van der Waals surface area contributed by atoms with Crippen LogP contribution in [0.25, 0.3) is 4.85 Å². The topological polar surface area (TPSA) is 21.4 Å². The molecule has 6 atom stereocenters. The maximum absolute atomic E-state index is 12.1. The highest BCUT2D eigenvalue weighted by Crippen LogP contribution is 2.65. The molecule has 4 aliphatic rings.